The molecule has 0 aliphatic carbocycles. The van der Waals surface area contributed by atoms with Crippen molar-refractivity contribution in [3.05, 3.63) is 65.4 Å². The first kappa shape index (κ1) is 18.0. The molecule has 0 amide bonds. The summed E-state index contributed by atoms with van der Waals surface area (Å²) in [6.07, 6.45) is 0.151. The van der Waals surface area contributed by atoms with Gasteiger partial charge in [0.25, 0.3) is 0 Å². The van der Waals surface area contributed by atoms with Crippen LogP contribution in [0, 0.1) is 6.92 Å². The van der Waals surface area contributed by atoms with E-state index >= 15 is 0 Å². The van der Waals surface area contributed by atoms with E-state index in [0.717, 1.165) is 17.1 Å². The zero-order valence-corrected chi connectivity index (χ0v) is 15.7. The van der Waals surface area contributed by atoms with E-state index in [0.29, 0.717) is 22.5 Å². The van der Waals surface area contributed by atoms with E-state index in [-0.39, 0.29) is 6.10 Å². The van der Waals surface area contributed by atoms with Crippen LogP contribution in [0.25, 0.3) is 0 Å². The maximum Gasteiger partial charge on any atom is 0.136 e. The first-order valence-electron chi connectivity index (χ1n) is 8.40. The van der Waals surface area contributed by atoms with Crippen molar-refractivity contribution >= 4 is 34.6 Å². The van der Waals surface area contributed by atoms with Crippen LogP contribution in [0.5, 0.6) is 5.75 Å². The zero-order chi connectivity index (χ0) is 18.5. The summed E-state index contributed by atoms with van der Waals surface area (Å²) in [5.74, 6) is 2.91. The smallest absolute Gasteiger partial charge is 0.136 e. The second-order valence-electron chi connectivity index (χ2n) is 6.14. The molecule has 0 radical (unpaired) electrons. The Morgan fingerprint density at radius 2 is 1.54 bits per heavy atom. The molecule has 1 heterocycles. The van der Waals surface area contributed by atoms with Crippen molar-refractivity contribution in [2.45, 2.75) is 26.9 Å². The molecule has 26 heavy (non-hydrogen) atoms. The summed E-state index contributed by atoms with van der Waals surface area (Å²) in [5, 5.41) is 7.21. The summed E-state index contributed by atoms with van der Waals surface area (Å²) in [7, 11) is 0. The fourth-order valence-electron chi connectivity index (χ4n) is 2.45. The van der Waals surface area contributed by atoms with Crippen molar-refractivity contribution in [2.75, 3.05) is 10.6 Å². The van der Waals surface area contributed by atoms with Gasteiger partial charge in [0, 0.05) is 22.5 Å². The van der Waals surface area contributed by atoms with E-state index in [1.165, 1.54) is 0 Å². The number of hydrogen-bond acceptors (Lipinski definition) is 5. The molecule has 6 heteroatoms. The van der Waals surface area contributed by atoms with E-state index in [1.54, 1.807) is 0 Å². The molecule has 3 rings (SSSR count). The quantitative estimate of drug-likeness (QED) is 0.583. The topological polar surface area (TPSA) is 59.1 Å². The number of rotatable bonds is 6. The summed E-state index contributed by atoms with van der Waals surface area (Å²) >= 11 is 6.03. The standard InChI is InChI=1S/C20H21ClN4O/c1-13(2)26-18-9-7-16(8-10-18)24-19-12-20(23-14(3)22-19)25-17-6-4-5-15(21)11-17/h4-13H,1-3H3,(H2,22,23,24,25). The van der Waals surface area contributed by atoms with Crippen LogP contribution in [-0.4, -0.2) is 16.1 Å². The number of halogens is 1. The van der Waals surface area contributed by atoms with Crippen LogP contribution < -0.4 is 15.4 Å². The Hall–Kier alpha value is -2.79. The molecular weight excluding hydrogens is 348 g/mol. The Balaban J connectivity index is 1.75. The Labute approximate surface area is 158 Å². The normalized spacial score (nSPS) is 10.7. The van der Waals surface area contributed by atoms with Gasteiger partial charge in [-0.05, 0) is 63.2 Å². The Morgan fingerprint density at radius 1 is 0.885 bits per heavy atom. The van der Waals surface area contributed by atoms with Gasteiger partial charge in [0.15, 0.2) is 0 Å². The van der Waals surface area contributed by atoms with Crippen molar-refractivity contribution < 1.29 is 4.74 Å². The second-order valence-corrected chi connectivity index (χ2v) is 6.57. The molecule has 0 saturated heterocycles. The lowest BCUT2D eigenvalue weighted by Gasteiger charge is -2.12. The first-order chi connectivity index (χ1) is 12.5. The van der Waals surface area contributed by atoms with E-state index in [9.17, 15) is 0 Å². The van der Waals surface area contributed by atoms with Crippen LogP contribution in [0.15, 0.2) is 54.6 Å². The molecular formula is C20H21ClN4O. The highest BCUT2D eigenvalue weighted by molar-refractivity contribution is 6.30. The lowest BCUT2D eigenvalue weighted by molar-refractivity contribution is 0.242. The molecule has 0 fully saturated rings. The van der Waals surface area contributed by atoms with Crippen LogP contribution in [-0.2, 0) is 0 Å². The molecule has 0 aliphatic heterocycles. The second kappa shape index (κ2) is 8.06. The van der Waals surface area contributed by atoms with Gasteiger partial charge >= 0.3 is 0 Å². The van der Waals surface area contributed by atoms with Crippen molar-refractivity contribution in [2.24, 2.45) is 0 Å². The molecule has 0 saturated carbocycles. The summed E-state index contributed by atoms with van der Waals surface area (Å²) in [6.45, 7) is 5.86. The van der Waals surface area contributed by atoms with Gasteiger partial charge in [-0.2, -0.15) is 0 Å². The highest BCUT2D eigenvalue weighted by atomic mass is 35.5. The highest BCUT2D eigenvalue weighted by Crippen LogP contribution is 2.23. The SMILES string of the molecule is Cc1nc(Nc2ccc(OC(C)C)cc2)cc(Nc2cccc(Cl)c2)n1. The number of aryl methyl sites for hydroxylation is 1. The van der Waals surface area contributed by atoms with E-state index in [1.807, 2.05) is 75.4 Å². The molecule has 1 aromatic heterocycles. The minimum Gasteiger partial charge on any atom is -0.491 e. The van der Waals surface area contributed by atoms with Gasteiger partial charge in [-0.1, -0.05) is 17.7 Å². The van der Waals surface area contributed by atoms with E-state index in [2.05, 4.69) is 20.6 Å². The van der Waals surface area contributed by atoms with Gasteiger partial charge < -0.3 is 15.4 Å². The maximum atomic E-state index is 6.03. The minimum absolute atomic E-state index is 0.151. The Bertz CT molecular complexity index is 881. The third-order valence-electron chi connectivity index (χ3n) is 3.43. The van der Waals surface area contributed by atoms with Gasteiger partial charge in [-0.25, -0.2) is 9.97 Å². The number of aromatic nitrogens is 2. The van der Waals surface area contributed by atoms with Crippen molar-refractivity contribution in [1.29, 1.82) is 0 Å². The molecule has 0 aliphatic rings. The van der Waals surface area contributed by atoms with E-state index < -0.39 is 0 Å². The fourth-order valence-corrected chi connectivity index (χ4v) is 2.64. The van der Waals surface area contributed by atoms with Crippen LogP contribution in [0.1, 0.15) is 19.7 Å². The third kappa shape index (κ3) is 5.10. The van der Waals surface area contributed by atoms with Crippen LogP contribution in [0.4, 0.5) is 23.0 Å². The average molecular weight is 369 g/mol. The predicted octanol–water partition coefficient (Wildman–Crippen LogP) is 5.71. The van der Waals surface area contributed by atoms with Gasteiger partial charge in [0.2, 0.25) is 0 Å². The largest absolute Gasteiger partial charge is 0.491 e. The van der Waals surface area contributed by atoms with Gasteiger partial charge in [-0.3, -0.25) is 0 Å². The van der Waals surface area contributed by atoms with Crippen LogP contribution in [0.3, 0.4) is 0 Å². The van der Waals surface area contributed by atoms with Gasteiger partial charge in [0.1, 0.15) is 23.2 Å². The molecule has 134 valence electrons. The summed E-state index contributed by atoms with van der Waals surface area (Å²) in [6, 6.07) is 17.1. The lowest BCUT2D eigenvalue weighted by Crippen LogP contribution is -2.05. The van der Waals surface area contributed by atoms with E-state index in [4.69, 9.17) is 16.3 Å². The molecule has 0 atom stereocenters. The van der Waals surface area contributed by atoms with Crippen molar-refractivity contribution in [3.63, 3.8) is 0 Å². The molecule has 2 aromatic carbocycles. The first-order valence-corrected chi connectivity index (χ1v) is 8.78. The molecule has 0 unspecified atom stereocenters. The monoisotopic (exact) mass is 368 g/mol. The lowest BCUT2D eigenvalue weighted by atomic mass is 10.3. The summed E-state index contributed by atoms with van der Waals surface area (Å²) < 4.78 is 5.66. The third-order valence-corrected chi connectivity index (χ3v) is 3.67. The fraction of sp³-hybridized carbons (Fsp3) is 0.200. The zero-order valence-electron chi connectivity index (χ0n) is 15.0. The molecule has 0 spiro atoms. The number of benzene rings is 2. The number of ether oxygens (including phenoxy) is 1. The van der Waals surface area contributed by atoms with Gasteiger partial charge in [-0.15, -0.1) is 0 Å². The number of hydrogen-bond donors (Lipinski definition) is 2. The molecule has 3 aromatic rings. The van der Waals surface area contributed by atoms with Crippen molar-refractivity contribution in [3.8, 4) is 5.75 Å². The highest BCUT2D eigenvalue weighted by Gasteiger charge is 2.05. The molecule has 0 bridgehead atoms. The minimum atomic E-state index is 0.151. The number of nitrogens with zero attached hydrogens (tertiary/aromatic N) is 2. The van der Waals surface area contributed by atoms with Crippen LogP contribution in [0.2, 0.25) is 5.02 Å². The van der Waals surface area contributed by atoms with Gasteiger partial charge in [0.05, 0.1) is 6.10 Å². The predicted molar refractivity (Wildman–Crippen MR) is 107 cm³/mol. The molecule has 2 N–H and O–H groups in total. The number of anilines is 4. The van der Waals surface area contributed by atoms with Crippen molar-refractivity contribution in [1.82, 2.24) is 9.97 Å². The Morgan fingerprint density at radius 3 is 2.15 bits per heavy atom. The Kier molecular flexibility index (Phi) is 5.58. The molecule has 5 nitrogen and oxygen atoms in total. The summed E-state index contributed by atoms with van der Waals surface area (Å²) in [5.41, 5.74) is 1.80. The number of nitrogens with one attached hydrogen (secondary N) is 2. The maximum absolute atomic E-state index is 6.03. The average Bonchev–Trinajstić information content (AvgIpc) is 2.56. The van der Waals surface area contributed by atoms with Crippen LogP contribution >= 0.6 is 11.6 Å². The summed E-state index contributed by atoms with van der Waals surface area (Å²) in [4.78, 5) is 8.86.